The SMILES string of the molecule is CCN(CCC(=O)O)Cc1cc(Cl)cc(OC)c1O. The number of rotatable bonds is 7. The van der Waals surface area contributed by atoms with Gasteiger partial charge in [-0.3, -0.25) is 9.69 Å². The lowest BCUT2D eigenvalue weighted by Crippen LogP contribution is -2.25. The van der Waals surface area contributed by atoms with Gasteiger partial charge in [-0.2, -0.15) is 0 Å². The minimum Gasteiger partial charge on any atom is -0.504 e. The fourth-order valence-electron chi connectivity index (χ4n) is 1.75. The number of carboxylic acid groups (broad SMARTS) is 1. The fourth-order valence-corrected chi connectivity index (χ4v) is 1.98. The molecule has 6 heteroatoms. The Labute approximate surface area is 117 Å². The number of aliphatic carboxylic acids is 1. The van der Waals surface area contributed by atoms with Gasteiger partial charge in [0.2, 0.25) is 0 Å². The number of benzene rings is 1. The maximum atomic E-state index is 10.6. The number of carboxylic acids is 1. The van der Waals surface area contributed by atoms with E-state index >= 15 is 0 Å². The first-order valence-corrected chi connectivity index (χ1v) is 6.35. The Morgan fingerprint density at radius 1 is 1.47 bits per heavy atom. The average Bonchev–Trinajstić information content (AvgIpc) is 2.37. The normalized spacial score (nSPS) is 10.7. The van der Waals surface area contributed by atoms with Gasteiger partial charge in [-0.1, -0.05) is 18.5 Å². The Balaban J connectivity index is 2.84. The van der Waals surface area contributed by atoms with E-state index in [9.17, 15) is 9.90 Å². The third kappa shape index (κ3) is 4.61. The number of halogens is 1. The van der Waals surface area contributed by atoms with Gasteiger partial charge in [0, 0.05) is 29.7 Å². The molecule has 2 N–H and O–H groups in total. The topological polar surface area (TPSA) is 70.0 Å². The van der Waals surface area contributed by atoms with Crippen molar-refractivity contribution >= 4 is 17.6 Å². The summed E-state index contributed by atoms with van der Waals surface area (Å²) in [6.07, 6.45) is 0.0618. The molecule has 0 atom stereocenters. The van der Waals surface area contributed by atoms with E-state index in [0.717, 1.165) is 0 Å². The second-order valence-corrected chi connectivity index (χ2v) is 4.56. The zero-order chi connectivity index (χ0) is 14.4. The second kappa shape index (κ2) is 7.21. The number of phenolic OH excluding ortho intramolecular Hbond substituents is 1. The fraction of sp³-hybridized carbons (Fsp3) is 0.462. The van der Waals surface area contributed by atoms with Crippen molar-refractivity contribution in [2.45, 2.75) is 19.9 Å². The molecule has 0 fully saturated rings. The van der Waals surface area contributed by atoms with Crippen molar-refractivity contribution in [3.8, 4) is 11.5 Å². The standard InChI is InChI=1S/C13H18ClNO4/c1-3-15(5-4-12(16)17)8-9-6-10(14)7-11(19-2)13(9)18/h6-7,18H,3-5,8H2,1-2H3,(H,16,17). The smallest absolute Gasteiger partial charge is 0.304 e. The predicted octanol–water partition coefficient (Wildman–Crippen LogP) is 2.35. The van der Waals surface area contributed by atoms with Crippen LogP contribution in [0.25, 0.3) is 0 Å². The minimum atomic E-state index is -0.841. The number of nitrogens with zero attached hydrogens (tertiary/aromatic N) is 1. The molecule has 0 heterocycles. The maximum absolute atomic E-state index is 10.6. The third-order valence-electron chi connectivity index (χ3n) is 2.82. The largest absolute Gasteiger partial charge is 0.504 e. The predicted molar refractivity (Wildman–Crippen MR) is 72.9 cm³/mol. The molecule has 5 nitrogen and oxygen atoms in total. The molecule has 0 saturated heterocycles. The summed E-state index contributed by atoms with van der Waals surface area (Å²) in [6.45, 7) is 3.45. The van der Waals surface area contributed by atoms with Crippen LogP contribution in [-0.2, 0) is 11.3 Å². The zero-order valence-electron chi connectivity index (χ0n) is 11.0. The lowest BCUT2D eigenvalue weighted by atomic mass is 10.1. The van der Waals surface area contributed by atoms with E-state index in [1.807, 2.05) is 11.8 Å². The highest BCUT2D eigenvalue weighted by Crippen LogP contribution is 2.34. The van der Waals surface area contributed by atoms with E-state index < -0.39 is 5.97 Å². The summed E-state index contributed by atoms with van der Waals surface area (Å²) in [5.41, 5.74) is 0.622. The van der Waals surface area contributed by atoms with Crippen LogP contribution in [0.15, 0.2) is 12.1 Å². The number of carbonyl (C=O) groups is 1. The number of phenols is 1. The van der Waals surface area contributed by atoms with Crippen LogP contribution < -0.4 is 4.74 Å². The first-order chi connectivity index (χ1) is 8.97. The van der Waals surface area contributed by atoms with Gasteiger partial charge in [0.05, 0.1) is 13.5 Å². The third-order valence-corrected chi connectivity index (χ3v) is 3.04. The van der Waals surface area contributed by atoms with Crippen molar-refractivity contribution in [2.24, 2.45) is 0 Å². The number of methoxy groups -OCH3 is 1. The van der Waals surface area contributed by atoms with Crippen molar-refractivity contribution in [1.82, 2.24) is 4.90 Å². The molecule has 0 aliphatic rings. The van der Waals surface area contributed by atoms with Gasteiger partial charge >= 0.3 is 5.97 Å². The zero-order valence-corrected chi connectivity index (χ0v) is 11.8. The average molecular weight is 288 g/mol. The summed E-state index contributed by atoms with van der Waals surface area (Å²) in [7, 11) is 1.46. The van der Waals surface area contributed by atoms with Crippen LogP contribution in [0.4, 0.5) is 0 Å². The molecule has 0 spiro atoms. The molecule has 0 aliphatic carbocycles. The van der Waals surface area contributed by atoms with E-state index in [1.165, 1.54) is 13.2 Å². The van der Waals surface area contributed by atoms with Gasteiger partial charge < -0.3 is 14.9 Å². The van der Waals surface area contributed by atoms with Crippen molar-refractivity contribution in [3.05, 3.63) is 22.7 Å². The molecule has 19 heavy (non-hydrogen) atoms. The second-order valence-electron chi connectivity index (χ2n) is 4.13. The van der Waals surface area contributed by atoms with Crippen LogP contribution in [0, 0.1) is 0 Å². The first-order valence-electron chi connectivity index (χ1n) is 5.97. The molecule has 1 aromatic carbocycles. The molecule has 0 aromatic heterocycles. The molecular formula is C13H18ClNO4. The molecule has 0 radical (unpaired) electrons. The Morgan fingerprint density at radius 2 is 2.16 bits per heavy atom. The van der Waals surface area contributed by atoms with Crippen LogP contribution in [0.5, 0.6) is 11.5 Å². The summed E-state index contributed by atoms with van der Waals surface area (Å²) in [6, 6.07) is 3.19. The van der Waals surface area contributed by atoms with E-state index in [-0.39, 0.29) is 12.2 Å². The molecule has 0 bridgehead atoms. The highest BCUT2D eigenvalue weighted by Gasteiger charge is 2.13. The van der Waals surface area contributed by atoms with E-state index in [0.29, 0.717) is 36.0 Å². The van der Waals surface area contributed by atoms with Crippen LogP contribution in [0.1, 0.15) is 18.9 Å². The van der Waals surface area contributed by atoms with E-state index in [4.69, 9.17) is 21.4 Å². The maximum Gasteiger partial charge on any atom is 0.304 e. The molecule has 1 rings (SSSR count). The summed E-state index contributed by atoms with van der Waals surface area (Å²) >= 11 is 5.95. The molecule has 0 unspecified atom stereocenters. The monoisotopic (exact) mass is 287 g/mol. The highest BCUT2D eigenvalue weighted by atomic mass is 35.5. The van der Waals surface area contributed by atoms with Gasteiger partial charge in [0.15, 0.2) is 11.5 Å². The lowest BCUT2D eigenvalue weighted by molar-refractivity contribution is -0.137. The number of hydrogen-bond donors (Lipinski definition) is 2. The molecule has 0 saturated carbocycles. The Hall–Kier alpha value is -1.46. The van der Waals surface area contributed by atoms with Crippen molar-refractivity contribution in [1.29, 1.82) is 0 Å². The van der Waals surface area contributed by atoms with Gasteiger partial charge in [0.1, 0.15) is 0 Å². The molecule has 0 amide bonds. The summed E-state index contributed by atoms with van der Waals surface area (Å²) in [5.74, 6) is -0.483. The van der Waals surface area contributed by atoms with E-state index in [2.05, 4.69) is 0 Å². The van der Waals surface area contributed by atoms with E-state index in [1.54, 1.807) is 6.07 Å². The van der Waals surface area contributed by atoms with Crippen LogP contribution in [0.2, 0.25) is 5.02 Å². The summed E-state index contributed by atoms with van der Waals surface area (Å²) in [5, 5.41) is 19.2. The van der Waals surface area contributed by atoms with Crippen molar-refractivity contribution in [2.75, 3.05) is 20.2 Å². The lowest BCUT2D eigenvalue weighted by Gasteiger charge is -2.20. The molecule has 106 valence electrons. The Bertz CT molecular complexity index is 451. The number of aromatic hydroxyl groups is 1. The van der Waals surface area contributed by atoms with Gasteiger partial charge in [-0.15, -0.1) is 0 Å². The quantitative estimate of drug-likeness (QED) is 0.805. The molecular weight excluding hydrogens is 270 g/mol. The molecule has 0 aliphatic heterocycles. The van der Waals surface area contributed by atoms with Crippen molar-refractivity contribution in [3.63, 3.8) is 0 Å². The summed E-state index contributed by atoms with van der Waals surface area (Å²) < 4.78 is 5.03. The van der Waals surface area contributed by atoms with Gasteiger partial charge in [-0.25, -0.2) is 0 Å². The Morgan fingerprint density at radius 3 is 2.68 bits per heavy atom. The Kier molecular flexibility index (Phi) is 5.92. The highest BCUT2D eigenvalue weighted by molar-refractivity contribution is 6.30. The number of hydrogen-bond acceptors (Lipinski definition) is 4. The van der Waals surface area contributed by atoms with Gasteiger partial charge in [0.25, 0.3) is 0 Å². The van der Waals surface area contributed by atoms with Crippen LogP contribution in [-0.4, -0.2) is 41.3 Å². The minimum absolute atomic E-state index is 0.0423. The van der Waals surface area contributed by atoms with Crippen molar-refractivity contribution < 1.29 is 19.7 Å². The van der Waals surface area contributed by atoms with Gasteiger partial charge in [-0.05, 0) is 12.6 Å². The number of ether oxygens (including phenoxy) is 1. The summed E-state index contributed by atoms with van der Waals surface area (Å²) in [4.78, 5) is 12.5. The van der Waals surface area contributed by atoms with Crippen LogP contribution in [0.3, 0.4) is 0 Å². The van der Waals surface area contributed by atoms with Crippen LogP contribution >= 0.6 is 11.6 Å². The first kappa shape index (κ1) is 15.6. The molecule has 1 aromatic rings.